The third-order valence-electron chi connectivity index (χ3n) is 2.47. The Balaban J connectivity index is 2.17. The molecule has 0 fully saturated rings. The highest BCUT2D eigenvalue weighted by atomic mass is 79.9. The Bertz CT molecular complexity index is 520. The van der Waals surface area contributed by atoms with Crippen molar-refractivity contribution in [2.75, 3.05) is 6.61 Å². The topological polar surface area (TPSA) is 44.2 Å². The van der Waals surface area contributed by atoms with Crippen molar-refractivity contribution >= 4 is 15.9 Å². The summed E-state index contributed by atoms with van der Waals surface area (Å²) in [7, 11) is 0. The first-order valence-electron chi connectivity index (χ1n) is 6.04. The van der Waals surface area contributed by atoms with Crippen molar-refractivity contribution in [3.05, 3.63) is 48.0 Å². The number of nitrogens with zero attached hydrogens (tertiary/aromatic N) is 2. The summed E-state index contributed by atoms with van der Waals surface area (Å²) in [4.78, 5) is 8.27. The molecule has 2 aromatic rings. The SMILES string of the molecule is CCOc1cccc(CBr)c1OCc1ncccn1. The Hall–Kier alpha value is -1.62. The summed E-state index contributed by atoms with van der Waals surface area (Å²) in [6.45, 7) is 2.87. The molecule has 1 heterocycles. The predicted molar refractivity (Wildman–Crippen MR) is 76.6 cm³/mol. The monoisotopic (exact) mass is 322 g/mol. The molecule has 1 aromatic carbocycles. The zero-order chi connectivity index (χ0) is 13.5. The van der Waals surface area contributed by atoms with Gasteiger partial charge in [0.05, 0.1) is 6.61 Å². The summed E-state index contributed by atoms with van der Waals surface area (Å²) < 4.78 is 11.4. The molecular weight excluding hydrogens is 308 g/mol. The lowest BCUT2D eigenvalue weighted by Crippen LogP contribution is -2.04. The molecule has 0 aliphatic rings. The van der Waals surface area contributed by atoms with Crippen LogP contribution in [0.1, 0.15) is 18.3 Å². The quantitative estimate of drug-likeness (QED) is 0.765. The van der Waals surface area contributed by atoms with Gasteiger partial charge in [-0.25, -0.2) is 9.97 Å². The van der Waals surface area contributed by atoms with E-state index < -0.39 is 0 Å². The van der Waals surface area contributed by atoms with Crippen molar-refractivity contribution in [2.24, 2.45) is 0 Å². The number of benzene rings is 1. The molecule has 0 spiro atoms. The van der Waals surface area contributed by atoms with E-state index in [9.17, 15) is 0 Å². The van der Waals surface area contributed by atoms with Gasteiger partial charge in [-0.1, -0.05) is 28.1 Å². The number of para-hydroxylation sites is 1. The van der Waals surface area contributed by atoms with Crippen molar-refractivity contribution in [2.45, 2.75) is 18.9 Å². The van der Waals surface area contributed by atoms with E-state index in [4.69, 9.17) is 9.47 Å². The Kier molecular flexibility index (Phi) is 5.15. The van der Waals surface area contributed by atoms with E-state index in [2.05, 4.69) is 25.9 Å². The molecule has 0 bridgehead atoms. The summed E-state index contributed by atoms with van der Waals surface area (Å²) in [5.74, 6) is 2.14. The molecule has 0 radical (unpaired) electrons. The van der Waals surface area contributed by atoms with Crippen molar-refractivity contribution in [1.82, 2.24) is 9.97 Å². The summed E-state index contributed by atoms with van der Waals surface area (Å²) in [6, 6.07) is 7.63. The van der Waals surface area contributed by atoms with Gasteiger partial charge < -0.3 is 9.47 Å². The van der Waals surface area contributed by atoms with E-state index in [0.29, 0.717) is 24.4 Å². The van der Waals surface area contributed by atoms with Gasteiger partial charge in [0.15, 0.2) is 17.3 Å². The molecule has 0 atom stereocenters. The first-order chi connectivity index (χ1) is 9.35. The zero-order valence-electron chi connectivity index (χ0n) is 10.7. The molecule has 2 rings (SSSR count). The lowest BCUT2D eigenvalue weighted by atomic mass is 10.2. The van der Waals surface area contributed by atoms with Gasteiger partial charge in [0.2, 0.25) is 0 Å². The summed E-state index contributed by atoms with van der Waals surface area (Å²) in [5, 5.41) is 0.707. The van der Waals surface area contributed by atoms with E-state index in [1.54, 1.807) is 18.5 Å². The van der Waals surface area contributed by atoms with Crippen molar-refractivity contribution in [3.8, 4) is 11.5 Å². The van der Waals surface area contributed by atoms with Gasteiger partial charge in [-0.05, 0) is 19.1 Å². The number of ether oxygens (including phenoxy) is 2. The van der Waals surface area contributed by atoms with E-state index in [-0.39, 0.29) is 0 Å². The highest BCUT2D eigenvalue weighted by Crippen LogP contribution is 2.33. The lowest BCUT2D eigenvalue weighted by molar-refractivity contribution is 0.261. The van der Waals surface area contributed by atoms with Gasteiger partial charge in [-0.2, -0.15) is 0 Å². The normalized spacial score (nSPS) is 10.2. The van der Waals surface area contributed by atoms with Crippen LogP contribution in [-0.2, 0) is 11.9 Å². The second-order valence-electron chi connectivity index (χ2n) is 3.76. The van der Waals surface area contributed by atoms with Gasteiger partial charge in [0.1, 0.15) is 6.61 Å². The molecule has 0 saturated heterocycles. The highest BCUT2D eigenvalue weighted by molar-refractivity contribution is 9.08. The molecule has 1 aromatic heterocycles. The minimum atomic E-state index is 0.324. The number of aromatic nitrogens is 2. The third-order valence-corrected chi connectivity index (χ3v) is 3.07. The lowest BCUT2D eigenvalue weighted by Gasteiger charge is -2.14. The van der Waals surface area contributed by atoms with Crippen LogP contribution in [0.2, 0.25) is 0 Å². The number of hydrogen-bond donors (Lipinski definition) is 0. The largest absolute Gasteiger partial charge is 0.490 e. The molecule has 0 saturated carbocycles. The van der Waals surface area contributed by atoms with Crippen LogP contribution >= 0.6 is 15.9 Å². The fourth-order valence-electron chi connectivity index (χ4n) is 1.64. The van der Waals surface area contributed by atoms with Crippen LogP contribution in [-0.4, -0.2) is 16.6 Å². The fraction of sp³-hybridized carbons (Fsp3) is 0.286. The average molecular weight is 323 g/mol. The fourth-order valence-corrected chi connectivity index (χ4v) is 2.08. The number of rotatable bonds is 6. The standard InChI is InChI=1S/C14H15BrN2O2/c1-2-18-12-6-3-5-11(9-15)14(12)19-10-13-16-7-4-8-17-13/h3-8H,2,9-10H2,1H3. The Morgan fingerprint density at radius 1 is 1.11 bits per heavy atom. The number of hydrogen-bond acceptors (Lipinski definition) is 4. The highest BCUT2D eigenvalue weighted by Gasteiger charge is 2.10. The second-order valence-corrected chi connectivity index (χ2v) is 4.33. The average Bonchev–Trinajstić information content (AvgIpc) is 2.47. The minimum absolute atomic E-state index is 0.324. The Morgan fingerprint density at radius 3 is 2.58 bits per heavy atom. The van der Waals surface area contributed by atoms with Crippen molar-refractivity contribution in [1.29, 1.82) is 0 Å². The zero-order valence-corrected chi connectivity index (χ0v) is 12.3. The van der Waals surface area contributed by atoms with Crippen LogP contribution in [0.3, 0.4) is 0 Å². The number of alkyl halides is 1. The molecule has 4 nitrogen and oxygen atoms in total. The first-order valence-corrected chi connectivity index (χ1v) is 7.16. The molecule has 0 unspecified atom stereocenters. The molecule has 19 heavy (non-hydrogen) atoms. The first kappa shape index (κ1) is 13.8. The maximum atomic E-state index is 5.82. The molecule has 5 heteroatoms. The summed E-state index contributed by atoms with van der Waals surface area (Å²) in [6.07, 6.45) is 3.40. The van der Waals surface area contributed by atoms with Crippen molar-refractivity contribution in [3.63, 3.8) is 0 Å². The van der Waals surface area contributed by atoms with E-state index in [0.717, 1.165) is 17.1 Å². The summed E-state index contributed by atoms with van der Waals surface area (Å²) >= 11 is 3.45. The van der Waals surface area contributed by atoms with Crippen LogP contribution < -0.4 is 9.47 Å². The number of halogens is 1. The molecule has 0 amide bonds. The maximum Gasteiger partial charge on any atom is 0.166 e. The maximum absolute atomic E-state index is 5.82. The smallest absolute Gasteiger partial charge is 0.166 e. The molecule has 0 aliphatic heterocycles. The molecular formula is C14H15BrN2O2. The van der Waals surface area contributed by atoms with Gasteiger partial charge in [-0.15, -0.1) is 0 Å². The van der Waals surface area contributed by atoms with Gasteiger partial charge in [0.25, 0.3) is 0 Å². The van der Waals surface area contributed by atoms with Crippen LogP contribution in [0.5, 0.6) is 11.5 Å². The third kappa shape index (κ3) is 3.67. The van der Waals surface area contributed by atoms with Crippen molar-refractivity contribution < 1.29 is 9.47 Å². The Morgan fingerprint density at radius 2 is 1.89 bits per heavy atom. The summed E-state index contributed by atoms with van der Waals surface area (Å²) in [5.41, 5.74) is 1.04. The predicted octanol–water partition coefficient (Wildman–Crippen LogP) is 3.35. The van der Waals surface area contributed by atoms with Crippen LogP contribution in [0.4, 0.5) is 0 Å². The van der Waals surface area contributed by atoms with Gasteiger partial charge in [-0.3, -0.25) is 0 Å². The second kappa shape index (κ2) is 7.09. The van der Waals surface area contributed by atoms with Crippen LogP contribution in [0, 0.1) is 0 Å². The molecule has 0 N–H and O–H groups in total. The van der Waals surface area contributed by atoms with E-state index >= 15 is 0 Å². The van der Waals surface area contributed by atoms with E-state index in [1.165, 1.54) is 0 Å². The van der Waals surface area contributed by atoms with E-state index in [1.807, 2.05) is 25.1 Å². The molecule has 100 valence electrons. The molecule has 0 aliphatic carbocycles. The van der Waals surface area contributed by atoms with Gasteiger partial charge >= 0.3 is 0 Å². The Labute approximate surface area is 120 Å². The minimum Gasteiger partial charge on any atom is -0.490 e. The van der Waals surface area contributed by atoms with Gasteiger partial charge in [0, 0.05) is 23.3 Å². The van der Waals surface area contributed by atoms with Crippen LogP contribution in [0.15, 0.2) is 36.7 Å². The van der Waals surface area contributed by atoms with Crippen LogP contribution in [0.25, 0.3) is 0 Å².